The van der Waals surface area contributed by atoms with Crippen LogP contribution >= 0.6 is 22.7 Å². The first-order valence-electron chi connectivity index (χ1n) is 10.2. The summed E-state index contributed by atoms with van der Waals surface area (Å²) in [6.45, 7) is 7.40. The number of thiophene rings is 1. The van der Waals surface area contributed by atoms with E-state index < -0.39 is 12.0 Å². The SMILES string of the molecule is COc1ccc(C2C(C(=O)OC(C)C)=C(C)N=c3s/c(=C/c4sccc4C)c(=O)n32)cc1. The van der Waals surface area contributed by atoms with Crippen LogP contribution < -0.4 is 19.6 Å². The average molecular weight is 469 g/mol. The van der Waals surface area contributed by atoms with E-state index in [0.717, 1.165) is 16.0 Å². The molecule has 0 fully saturated rings. The Morgan fingerprint density at radius 3 is 2.50 bits per heavy atom. The fourth-order valence-corrected chi connectivity index (χ4v) is 5.57. The second-order valence-electron chi connectivity index (χ2n) is 7.78. The Morgan fingerprint density at radius 2 is 1.91 bits per heavy atom. The Labute approximate surface area is 193 Å². The van der Waals surface area contributed by atoms with Gasteiger partial charge in [-0.2, -0.15) is 0 Å². The molecular weight excluding hydrogens is 444 g/mol. The van der Waals surface area contributed by atoms with Gasteiger partial charge >= 0.3 is 5.97 Å². The van der Waals surface area contributed by atoms with E-state index >= 15 is 0 Å². The molecule has 1 aliphatic heterocycles. The van der Waals surface area contributed by atoms with Crippen LogP contribution in [0.4, 0.5) is 0 Å². The number of thiazole rings is 1. The van der Waals surface area contributed by atoms with Crippen molar-refractivity contribution >= 4 is 34.7 Å². The molecule has 0 N–H and O–H groups in total. The molecule has 1 atom stereocenters. The van der Waals surface area contributed by atoms with Gasteiger partial charge in [-0.05, 0) is 68.5 Å². The molecule has 0 radical (unpaired) electrons. The van der Waals surface area contributed by atoms with Crippen LogP contribution in [0, 0.1) is 6.92 Å². The summed E-state index contributed by atoms with van der Waals surface area (Å²) in [5, 5.41) is 2.00. The van der Waals surface area contributed by atoms with E-state index in [4.69, 9.17) is 9.47 Å². The summed E-state index contributed by atoms with van der Waals surface area (Å²) in [4.78, 5) is 32.8. The van der Waals surface area contributed by atoms with Crippen molar-refractivity contribution in [3.05, 3.63) is 82.7 Å². The maximum atomic E-state index is 13.5. The normalized spacial score (nSPS) is 16.2. The number of fused-ring (bicyclic) bond motifs is 1. The molecule has 6 nitrogen and oxygen atoms in total. The molecule has 0 spiro atoms. The average Bonchev–Trinajstić information content (AvgIpc) is 3.29. The summed E-state index contributed by atoms with van der Waals surface area (Å²) >= 11 is 2.92. The van der Waals surface area contributed by atoms with E-state index in [-0.39, 0.29) is 11.7 Å². The van der Waals surface area contributed by atoms with Gasteiger partial charge in [-0.15, -0.1) is 11.3 Å². The topological polar surface area (TPSA) is 69.9 Å². The summed E-state index contributed by atoms with van der Waals surface area (Å²) in [6.07, 6.45) is 1.62. The lowest BCUT2D eigenvalue weighted by atomic mass is 9.96. The van der Waals surface area contributed by atoms with Gasteiger partial charge in [-0.1, -0.05) is 23.5 Å². The zero-order valence-corrected chi connectivity index (χ0v) is 20.2. The van der Waals surface area contributed by atoms with Crippen LogP contribution in [0.25, 0.3) is 6.08 Å². The third kappa shape index (κ3) is 4.08. The molecule has 0 amide bonds. The van der Waals surface area contributed by atoms with Crippen LogP contribution in [0.1, 0.15) is 42.8 Å². The molecule has 166 valence electrons. The Kier molecular flexibility index (Phi) is 6.17. The highest BCUT2D eigenvalue weighted by molar-refractivity contribution is 7.11. The number of aryl methyl sites for hydroxylation is 1. The molecule has 0 saturated carbocycles. The smallest absolute Gasteiger partial charge is 0.338 e. The molecule has 8 heteroatoms. The van der Waals surface area contributed by atoms with Crippen molar-refractivity contribution in [1.82, 2.24) is 4.57 Å². The van der Waals surface area contributed by atoms with E-state index in [0.29, 0.717) is 26.4 Å². The van der Waals surface area contributed by atoms with Crippen molar-refractivity contribution < 1.29 is 14.3 Å². The maximum absolute atomic E-state index is 13.5. The zero-order valence-electron chi connectivity index (χ0n) is 18.5. The van der Waals surface area contributed by atoms with E-state index in [1.54, 1.807) is 43.8 Å². The van der Waals surface area contributed by atoms with Crippen LogP contribution in [0.15, 0.2) is 56.8 Å². The summed E-state index contributed by atoms with van der Waals surface area (Å²) < 4.78 is 13.0. The monoisotopic (exact) mass is 468 g/mol. The van der Waals surface area contributed by atoms with Crippen molar-refractivity contribution in [2.24, 2.45) is 4.99 Å². The Bertz CT molecular complexity index is 1370. The van der Waals surface area contributed by atoms with Crippen molar-refractivity contribution in [3.8, 4) is 5.75 Å². The highest BCUT2D eigenvalue weighted by atomic mass is 32.1. The number of nitrogens with zero attached hydrogens (tertiary/aromatic N) is 2. The van der Waals surface area contributed by atoms with Gasteiger partial charge in [0, 0.05) is 4.88 Å². The molecule has 1 unspecified atom stereocenters. The maximum Gasteiger partial charge on any atom is 0.338 e. The van der Waals surface area contributed by atoms with Crippen LogP contribution in [0.5, 0.6) is 5.75 Å². The largest absolute Gasteiger partial charge is 0.497 e. The van der Waals surface area contributed by atoms with Crippen molar-refractivity contribution in [2.75, 3.05) is 7.11 Å². The third-order valence-corrected chi connectivity index (χ3v) is 7.13. The van der Waals surface area contributed by atoms with Gasteiger partial charge in [-0.25, -0.2) is 9.79 Å². The van der Waals surface area contributed by atoms with Gasteiger partial charge in [0.25, 0.3) is 5.56 Å². The number of allylic oxidation sites excluding steroid dienone is 1. The van der Waals surface area contributed by atoms with Crippen LogP contribution in [-0.2, 0) is 9.53 Å². The molecular formula is C24H24N2O4S2. The molecule has 0 bridgehead atoms. The molecule has 3 aromatic rings. The number of hydrogen-bond acceptors (Lipinski definition) is 7. The molecule has 1 aliphatic rings. The van der Waals surface area contributed by atoms with Crippen LogP contribution in [0.3, 0.4) is 0 Å². The van der Waals surface area contributed by atoms with Crippen LogP contribution in [0.2, 0.25) is 0 Å². The lowest BCUT2D eigenvalue weighted by molar-refractivity contribution is -0.143. The fraction of sp³-hybridized carbons (Fsp3) is 0.292. The Balaban J connectivity index is 1.95. The quantitative estimate of drug-likeness (QED) is 0.537. The van der Waals surface area contributed by atoms with Gasteiger partial charge in [0.2, 0.25) is 0 Å². The zero-order chi connectivity index (χ0) is 23.0. The number of aromatic nitrogens is 1. The van der Waals surface area contributed by atoms with E-state index in [1.165, 1.54) is 11.3 Å². The fourth-order valence-electron chi connectivity index (χ4n) is 3.61. The minimum absolute atomic E-state index is 0.176. The molecule has 1 aromatic carbocycles. The summed E-state index contributed by atoms with van der Waals surface area (Å²) in [5.41, 5.74) is 2.65. The Hall–Kier alpha value is -2.97. The highest BCUT2D eigenvalue weighted by Gasteiger charge is 2.33. The number of benzene rings is 1. The highest BCUT2D eigenvalue weighted by Crippen LogP contribution is 2.32. The first-order valence-corrected chi connectivity index (χ1v) is 11.9. The van der Waals surface area contributed by atoms with Gasteiger partial charge in [0.05, 0.1) is 35.1 Å². The minimum Gasteiger partial charge on any atom is -0.497 e. The van der Waals surface area contributed by atoms with Gasteiger partial charge in [0.1, 0.15) is 5.75 Å². The number of hydrogen-bond donors (Lipinski definition) is 0. The minimum atomic E-state index is -0.630. The first kappa shape index (κ1) is 22.2. The number of rotatable bonds is 5. The summed E-state index contributed by atoms with van der Waals surface area (Å²) in [7, 11) is 1.60. The van der Waals surface area contributed by atoms with E-state index in [1.807, 2.05) is 48.7 Å². The lowest BCUT2D eigenvalue weighted by Crippen LogP contribution is -2.40. The van der Waals surface area contributed by atoms with Crippen molar-refractivity contribution in [3.63, 3.8) is 0 Å². The standard InChI is InChI=1S/C24H24N2O4S2/c1-13(2)30-23(28)20-15(4)25-24-26(21(20)16-6-8-17(29-5)9-7-16)22(27)19(32-24)12-18-14(3)10-11-31-18/h6-13,21H,1-5H3/b19-12+. The molecule has 0 aliphatic carbocycles. The first-order chi connectivity index (χ1) is 15.3. The molecule has 4 rings (SSSR count). The Morgan fingerprint density at radius 1 is 1.19 bits per heavy atom. The van der Waals surface area contributed by atoms with Gasteiger partial charge in [0.15, 0.2) is 4.80 Å². The molecule has 2 aromatic heterocycles. The molecule has 32 heavy (non-hydrogen) atoms. The van der Waals surface area contributed by atoms with Gasteiger partial charge in [-0.3, -0.25) is 9.36 Å². The van der Waals surface area contributed by atoms with E-state index in [2.05, 4.69) is 4.99 Å². The number of esters is 1. The summed E-state index contributed by atoms with van der Waals surface area (Å²) in [6, 6.07) is 8.77. The second-order valence-corrected chi connectivity index (χ2v) is 9.73. The number of ether oxygens (including phenoxy) is 2. The molecule has 3 heterocycles. The number of methoxy groups -OCH3 is 1. The predicted molar refractivity (Wildman–Crippen MR) is 127 cm³/mol. The van der Waals surface area contributed by atoms with Gasteiger partial charge < -0.3 is 9.47 Å². The number of carbonyl (C=O) groups excluding carboxylic acids is 1. The number of carbonyl (C=O) groups is 1. The second kappa shape index (κ2) is 8.88. The lowest BCUT2D eigenvalue weighted by Gasteiger charge is -2.25. The van der Waals surface area contributed by atoms with Crippen molar-refractivity contribution in [1.29, 1.82) is 0 Å². The third-order valence-electron chi connectivity index (χ3n) is 5.18. The van der Waals surface area contributed by atoms with E-state index in [9.17, 15) is 9.59 Å². The predicted octanol–water partition coefficient (Wildman–Crippen LogP) is 3.57. The summed E-state index contributed by atoms with van der Waals surface area (Å²) in [5.74, 6) is 0.229. The molecule has 0 saturated heterocycles. The van der Waals surface area contributed by atoms with Crippen molar-refractivity contribution in [2.45, 2.75) is 39.8 Å². The van der Waals surface area contributed by atoms with Crippen LogP contribution in [-0.4, -0.2) is 23.8 Å².